The summed E-state index contributed by atoms with van der Waals surface area (Å²) in [6.45, 7) is 0.285. The summed E-state index contributed by atoms with van der Waals surface area (Å²) in [5, 5.41) is 16.9. The van der Waals surface area contributed by atoms with Crippen LogP contribution >= 0.6 is 0 Å². The zero-order valence-corrected chi connectivity index (χ0v) is 11.4. The Labute approximate surface area is 120 Å². The maximum absolute atomic E-state index is 12.6. The lowest BCUT2D eigenvalue weighted by Crippen LogP contribution is -2.40. The molecule has 0 bridgehead atoms. The number of fused-ring (bicyclic) bond motifs is 1. The molecule has 1 fully saturated rings. The van der Waals surface area contributed by atoms with Gasteiger partial charge in [0.1, 0.15) is 6.04 Å². The van der Waals surface area contributed by atoms with Gasteiger partial charge in [0.15, 0.2) is 0 Å². The van der Waals surface area contributed by atoms with Gasteiger partial charge in [-0.2, -0.15) is 5.10 Å². The number of aromatic nitrogens is 2. The van der Waals surface area contributed by atoms with E-state index in [0.717, 1.165) is 10.9 Å². The normalized spacial score (nSPS) is 21.9. The van der Waals surface area contributed by atoms with Crippen molar-refractivity contribution < 1.29 is 19.4 Å². The zero-order chi connectivity index (χ0) is 15.0. The monoisotopic (exact) mass is 289 g/mol. The Hall–Kier alpha value is -2.41. The lowest BCUT2D eigenvalue weighted by Gasteiger charge is -2.21. The van der Waals surface area contributed by atoms with E-state index in [4.69, 9.17) is 4.74 Å². The van der Waals surface area contributed by atoms with E-state index < -0.39 is 12.0 Å². The molecule has 2 heterocycles. The van der Waals surface area contributed by atoms with Gasteiger partial charge in [-0.15, -0.1) is 0 Å². The molecule has 0 saturated carbocycles. The second kappa shape index (κ2) is 5.17. The van der Waals surface area contributed by atoms with E-state index in [1.807, 2.05) is 0 Å². The largest absolute Gasteiger partial charge is 0.480 e. The second-order valence-electron chi connectivity index (χ2n) is 5.08. The number of methoxy groups -OCH3 is 1. The lowest BCUT2D eigenvalue weighted by atomic mass is 10.1. The molecule has 0 spiro atoms. The summed E-state index contributed by atoms with van der Waals surface area (Å²) >= 11 is 0. The van der Waals surface area contributed by atoms with Gasteiger partial charge in [0, 0.05) is 31.0 Å². The summed E-state index contributed by atoms with van der Waals surface area (Å²) in [7, 11) is 1.52. The number of aliphatic carboxylic acids is 1. The predicted octanol–water partition coefficient (Wildman–Crippen LogP) is 0.877. The number of carbonyl (C=O) groups is 2. The minimum Gasteiger partial charge on any atom is -0.480 e. The highest BCUT2D eigenvalue weighted by Gasteiger charge is 2.40. The van der Waals surface area contributed by atoms with Crippen molar-refractivity contribution in [2.45, 2.75) is 18.6 Å². The van der Waals surface area contributed by atoms with Crippen molar-refractivity contribution in [3.63, 3.8) is 0 Å². The molecule has 21 heavy (non-hydrogen) atoms. The molecule has 1 aromatic carbocycles. The highest BCUT2D eigenvalue weighted by molar-refractivity contribution is 5.99. The first-order valence-electron chi connectivity index (χ1n) is 6.60. The summed E-state index contributed by atoms with van der Waals surface area (Å²) in [6.07, 6.45) is 1.73. The molecule has 7 heteroatoms. The summed E-state index contributed by atoms with van der Waals surface area (Å²) in [6, 6.07) is 4.30. The molecule has 7 nitrogen and oxygen atoms in total. The number of aromatic amines is 1. The molecule has 2 aromatic rings. The first-order chi connectivity index (χ1) is 10.1. The van der Waals surface area contributed by atoms with Gasteiger partial charge in [0.05, 0.1) is 17.8 Å². The van der Waals surface area contributed by atoms with Gasteiger partial charge >= 0.3 is 5.97 Å². The van der Waals surface area contributed by atoms with E-state index in [9.17, 15) is 14.7 Å². The Morgan fingerprint density at radius 3 is 3.00 bits per heavy atom. The summed E-state index contributed by atoms with van der Waals surface area (Å²) in [5.41, 5.74) is 1.19. The number of hydrogen-bond acceptors (Lipinski definition) is 4. The van der Waals surface area contributed by atoms with Gasteiger partial charge in [-0.05, 0) is 12.1 Å². The van der Waals surface area contributed by atoms with Gasteiger partial charge in [-0.1, -0.05) is 6.07 Å². The number of amides is 1. The van der Waals surface area contributed by atoms with Crippen molar-refractivity contribution in [2.24, 2.45) is 0 Å². The number of hydrogen-bond donors (Lipinski definition) is 2. The molecule has 0 radical (unpaired) electrons. The van der Waals surface area contributed by atoms with Crippen molar-refractivity contribution in [1.29, 1.82) is 0 Å². The number of carbonyl (C=O) groups excluding carboxylic acids is 1. The number of carboxylic acid groups (broad SMARTS) is 1. The van der Waals surface area contributed by atoms with Crippen LogP contribution in [0.15, 0.2) is 24.4 Å². The fourth-order valence-corrected chi connectivity index (χ4v) is 2.66. The molecule has 0 aliphatic carbocycles. The van der Waals surface area contributed by atoms with E-state index in [0.29, 0.717) is 12.0 Å². The maximum Gasteiger partial charge on any atom is 0.326 e. The van der Waals surface area contributed by atoms with Gasteiger partial charge in [-0.25, -0.2) is 4.79 Å². The standard InChI is InChI=1S/C14H15N3O4/c1-21-10-5-12(14(19)20)17(7-10)13(18)8-2-3-9-6-15-16-11(9)4-8/h2-4,6,10,12H,5,7H2,1H3,(H,15,16)(H,19,20)/t10-,12+/m1/s1. The summed E-state index contributed by atoms with van der Waals surface area (Å²) in [5.74, 6) is -1.32. The number of likely N-dealkylation sites (tertiary alicyclic amines) is 1. The fourth-order valence-electron chi connectivity index (χ4n) is 2.66. The average Bonchev–Trinajstić information content (AvgIpc) is 3.11. The summed E-state index contributed by atoms with van der Waals surface area (Å²) in [4.78, 5) is 25.2. The van der Waals surface area contributed by atoms with Crippen LogP contribution in [0.5, 0.6) is 0 Å². The molecule has 1 aliphatic heterocycles. The number of rotatable bonds is 3. The van der Waals surface area contributed by atoms with Crippen molar-refractivity contribution in [3.05, 3.63) is 30.0 Å². The first kappa shape index (κ1) is 13.6. The highest BCUT2D eigenvalue weighted by Crippen LogP contribution is 2.23. The van der Waals surface area contributed by atoms with Gasteiger partial charge in [-0.3, -0.25) is 9.89 Å². The third-order valence-corrected chi connectivity index (χ3v) is 3.83. The Morgan fingerprint density at radius 2 is 2.29 bits per heavy atom. The van der Waals surface area contributed by atoms with Crippen molar-refractivity contribution in [1.82, 2.24) is 15.1 Å². The van der Waals surface area contributed by atoms with E-state index in [2.05, 4.69) is 10.2 Å². The molecular formula is C14H15N3O4. The number of benzene rings is 1. The van der Waals surface area contributed by atoms with Crippen LogP contribution in [0.3, 0.4) is 0 Å². The highest BCUT2D eigenvalue weighted by atomic mass is 16.5. The molecule has 1 aliphatic rings. The van der Waals surface area contributed by atoms with Crippen LogP contribution in [-0.2, 0) is 9.53 Å². The Bertz CT molecular complexity index is 696. The molecule has 1 saturated heterocycles. The van der Waals surface area contributed by atoms with Crippen LogP contribution in [0, 0.1) is 0 Å². The number of ether oxygens (including phenoxy) is 1. The van der Waals surface area contributed by atoms with Crippen molar-refractivity contribution >= 4 is 22.8 Å². The predicted molar refractivity (Wildman–Crippen MR) is 74.0 cm³/mol. The smallest absolute Gasteiger partial charge is 0.326 e. The Morgan fingerprint density at radius 1 is 1.48 bits per heavy atom. The molecule has 2 atom stereocenters. The van der Waals surface area contributed by atoms with Gasteiger partial charge in [0.25, 0.3) is 5.91 Å². The molecule has 0 unspecified atom stereocenters. The van der Waals surface area contributed by atoms with Crippen LogP contribution in [0.25, 0.3) is 10.9 Å². The number of nitrogens with one attached hydrogen (secondary N) is 1. The topological polar surface area (TPSA) is 95.5 Å². The minimum absolute atomic E-state index is 0.245. The number of H-pyrrole nitrogens is 1. The molecule has 110 valence electrons. The van der Waals surface area contributed by atoms with E-state index in [1.165, 1.54) is 12.0 Å². The molecule has 3 rings (SSSR count). The average molecular weight is 289 g/mol. The van der Waals surface area contributed by atoms with E-state index in [1.54, 1.807) is 24.4 Å². The van der Waals surface area contributed by atoms with Crippen LogP contribution in [0.1, 0.15) is 16.8 Å². The molecule has 1 amide bonds. The third kappa shape index (κ3) is 2.36. The minimum atomic E-state index is -1.01. The SMILES string of the molecule is CO[C@@H]1C[C@@H](C(=O)O)N(C(=O)c2ccc3cn[nH]c3c2)C1. The fraction of sp³-hybridized carbons (Fsp3) is 0.357. The summed E-state index contributed by atoms with van der Waals surface area (Å²) < 4.78 is 5.19. The van der Waals surface area contributed by atoms with Gasteiger partial charge in [0.2, 0.25) is 0 Å². The van der Waals surface area contributed by atoms with E-state index >= 15 is 0 Å². The van der Waals surface area contributed by atoms with Crippen LogP contribution in [0.4, 0.5) is 0 Å². The molecular weight excluding hydrogens is 274 g/mol. The molecule has 1 aromatic heterocycles. The lowest BCUT2D eigenvalue weighted by molar-refractivity contribution is -0.141. The molecule has 2 N–H and O–H groups in total. The number of nitrogens with zero attached hydrogens (tertiary/aromatic N) is 2. The second-order valence-corrected chi connectivity index (χ2v) is 5.08. The van der Waals surface area contributed by atoms with Crippen LogP contribution in [0.2, 0.25) is 0 Å². The van der Waals surface area contributed by atoms with Gasteiger partial charge < -0.3 is 14.7 Å². The third-order valence-electron chi connectivity index (χ3n) is 3.83. The number of carboxylic acids is 1. The van der Waals surface area contributed by atoms with Crippen molar-refractivity contribution in [3.8, 4) is 0 Å². The van der Waals surface area contributed by atoms with E-state index in [-0.39, 0.29) is 18.6 Å². The maximum atomic E-state index is 12.6. The first-order valence-corrected chi connectivity index (χ1v) is 6.60. The Balaban J connectivity index is 1.90. The van der Waals surface area contributed by atoms with Crippen LogP contribution < -0.4 is 0 Å². The quantitative estimate of drug-likeness (QED) is 0.874. The van der Waals surface area contributed by atoms with Crippen molar-refractivity contribution in [2.75, 3.05) is 13.7 Å². The zero-order valence-electron chi connectivity index (χ0n) is 11.4. The Kier molecular flexibility index (Phi) is 3.34. The van der Waals surface area contributed by atoms with Crippen LogP contribution in [-0.4, -0.2) is 57.9 Å².